The lowest BCUT2D eigenvalue weighted by atomic mass is 10.4. The predicted octanol–water partition coefficient (Wildman–Crippen LogP) is 1.68. The van der Waals surface area contributed by atoms with Crippen molar-refractivity contribution >= 4 is 0 Å². The Bertz CT molecular complexity index is 82.4. The molecule has 0 aliphatic rings. The molecule has 0 aromatic carbocycles. The molecular formula is C7H13N. The van der Waals surface area contributed by atoms with Crippen molar-refractivity contribution in [1.29, 1.82) is 0 Å². The first-order chi connectivity index (χ1) is 3.77. The summed E-state index contributed by atoms with van der Waals surface area (Å²) in [6.07, 6.45) is 5.51. The summed E-state index contributed by atoms with van der Waals surface area (Å²) >= 11 is 0. The van der Waals surface area contributed by atoms with E-state index < -0.39 is 0 Å². The van der Waals surface area contributed by atoms with Crippen molar-refractivity contribution in [1.82, 2.24) is 5.32 Å². The molecule has 0 aromatic heterocycles. The van der Waals surface area contributed by atoms with Crippen molar-refractivity contribution in [2.45, 2.75) is 19.9 Å². The van der Waals surface area contributed by atoms with E-state index in [0.29, 0.717) is 6.04 Å². The van der Waals surface area contributed by atoms with Gasteiger partial charge in [-0.05, 0) is 26.1 Å². The molecule has 0 amide bonds. The average Bonchev–Trinajstić information content (AvgIpc) is 1.66. The predicted molar refractivity (Wildman–Crippen MR) is 37.6 cm³/mol. The third-order valence-electron chi connectivity index (χ3n) is 0.662. The third kappa shape index (κ3) is 5.28. The summed E-state index contributed by atoms with van der Waals surface area (Å²) in [5, 5.41) is 3.09. The molecule has 1 heteroatoms. The zero-order chi connectivity index (χ0) is 6.41. The molecule has 0 unspecified atom stereocenters. The van der Waals surface area contributed by atoms with Crippen LogP contribution in [-0.2, 0) is 0 Å². The van der Waals surface area contributed by atoms with Gasteiger partial charge in [0.25, 0.3) is 0 Å². The number of allylic oxidation sites excluding steroid dienone is 2. The fraction of sp³-hybridized carbons (Fsp3) is 0.429. The van der Waals surface area contributed by atoms with Crippen molar-refractivity contribution in [3.8, 4) is 0 Å². The van der Waals surface area contributed by atoms with Gasteiger partial charge in [0.1, 0.15) is 0 Å². The Labute approximate surface area is 51.1 Å². The van der Waals surface area contributed by atoms with Crippen LogP contribution in [0.4, 0.5) is 0 Å². The van der Waals surface area contributed by atoms with Gasteiger partial charge in [0.05, 0.1) is 0 Å². The highest BCUT2D eigenvalue weighted by Gasteiger charge is 1.80. The van der Waals surface area contributed by atoms with Gasteiger partial charge in [0.2, 0.25) is 0 Å². The summed E-state index contributed by atoms with van der Waals surface area (Å²) in [5.41, 5.74) is 0. The van der Waals surface area contributed by atoms with E-state index in [4.69, 9.17) is 0 Å². The Hall–Kier alpha value is -0.720. The normalized spacial score (nSPS) is 10.4. The molecule has 0 rings (SSSR count). The smallest absolute Gasteiger partial charge is 0.0199 e. The van der Waals surface area contributed by atoms with Crippen LogP contribution in [0.1, 0.15) is 13.8 Å². The Morgan fingerprint density at radius 3 is 2.50 bits per heavy atom. The van der Waals surface area contributed by atoms with Crippen LogP contribution in [0.3, 0.4) is 0 Å². The first-order valence-electron chi connectivity index (χ1n) is 2.81. The van der Waals surface area contributed by atoms with Gasteiger partial charge in [0.15, 0.2) is 0 Å². The van der Waals surface area contributed by atoms with Gasteiger partial charge in [-0.15, -0.1) is 0 Å². The number of hydrogen-bond donors (Lipinski definition) is 1. The summed E-state index contributed by atoms with van der Waals surface area (Å²) < 4.78 is 0. The topological polar surface area (TPSA) is 12.0 Å². The van der Waals surface area contributed by atoms with Crippen LogP contribution in [0.5, 0.6) is 0 Å². The molecule has 0 aliphatic heterocycles. The van der Waals surface area contributed by atoms with E-state index in [0.717, 1.165) is 0 Å². The fourth-order valence-electron chi connectivity index (χ4n) is 0.316. The Morgan fingerprint density at radius 2 is 2.12 bits per heavy atom. The minimum absolute atomic E-state index is 0.520. The van der Waals surface area contributed by atoms with Gasteiger partial charge in [0, 0.05) is 6.04 Å². The Kier molecular flexibility index (Phi) is 4.04. The van der Waals surface area contributed by atoms with E-state index in [1.165, 1.54) is 0 Å². The second kappa shape index (κ2) is 4.44. The van der Waals surface area contributed by atoms with Crippen molar-refractivity contribution in [3.63, 3.8) is 0 Å². The largest absolute Gasteiger partial charge is 0.389 e. The lowest BCUT2D eigenvalue weighted by Crippen LogP contribution is -2.14. The second-order valence-electron chi connectivity index (χ2n) is 1.92. The molecule has 0 aromatic rings. The average molecular weight is 111 g/mol. The zero-order valence-corrected chi connectivity index (χ0v) is 5.52. The second-order valence-corrected chi connectivity index (χ2v) is 1.92. The van der Waals surface area contributed by atoms with Gasteiger partial charge < -0.3 is 5.32 Å². The van der Waals surface area contributed by atoms with E-state index in [1.807, 2.05) is 12.3 Å². The SMILES string of the molecule is C=C/C=C/NC(C)C. The third-order valence-corrected chi connectivity index (χ3v) is 0.662. The number of nitrogens with one attached hydrogen (secondary N) is 1. The molecule has 0 bridgehead atoms. The van der Waals surface area contributed by atoms with Gasteiger partial charge in [-0.1, -0.05) is 12.7 Å². The van der Waals surface area contributed by atoms with Gasteiger partial charge in [-0.3, -0.25) is 0 Å². The molecule has 8 heavy (non-hydrogen) atoms. The van der Waals surface area contributed by atoms with Crippen LogP contribution < -0.4 is 5.32 Å². The highest BCUT2D eigenvalue weighted by Crippen LogP contribution is 1.75. The molecular weight excluding hydrogens is 98.1 g/mol. The summed E-state index contributed by atoms with van der Waals surface area (Å²) in [6.45, 7) is 7.71. The van der Waals surface area contributed by atoms with Crippen molar-refractivity contribution in [2.75, 3.05) is 0 Å². The minimum Gasteiger partial charge on any atom is -0.389 e. The minimum atomic E-state index is 0.520. The molecule has 0 spiro atoms. The van der Waals surface area contributed by atoms with E-state index in [2.05, 4.69) is 25.7 Å². The fourth-order valence-corrected chi connectivity index (χ4v) is 0.316. The lowest BCUT2D eigenvalue weighted by molar-refractivity contribution is 0.703. The van der Waals surface area contributed by atoms with Crippen LogP contribution in [0, 0.1) is 0 Å². The lowest BCUT2D eigenvalue weighted by Gasteiger charge is -2.00. The molecule has 0 atom stereocenters. The Balaban J connectivity index is 3.15. The van der Waals surface area contributed by atoms with E-state index in [9.17, 15) is 0 Å². The highest BCUT2D eigenvalue weighted by molar-refractivity contribution is 4.95. The molecule has 0 aliphatic carbocycles. The quantitative estimate of drug-likeness (QED) is 0.546. The molecule has 46 valence electrons. The van der Waals surface area contributed by atoms with Crippen LogP contribution in [0.25, 0.3) is 0 Å². The van der Waals surface area contributed by atoms with Crippen molar-refractivity contribution in [2.24, 2.45) is 0 Å². The maximum Gasteiger partial charge on any atom is 0.0199 e. The molecule has 1 N–H and O–H groups in total. The monoisotopic (exact) mass is 111 g/mol. The van der Waals surface area contributed by atoms with E-state index >= 15 is 0 Å². The first kappa shape index (κ1) is 7.28. The van der Waals surface area contributed by atoms with E-state index in [1.54, 1.807) is 6.08 Å². The summed E-state index contributed by atoms with van der Waals surface area (Å²) in [5.74, 6) is 0. The van der Waals surface area contributed by atoms with Crippen LogP contribution >= 0.6 is 0 Å². The molecule has 0 radical (unpaired) electrons. The molecule has 0 heterocycles. The van der Waals surface area contributed by atoms with E-state index in [-0.39, 0.29) is 0 Å². The van der Waals surface area contributed by atoms with Crippen molar-refractivity contribution < 1.29 is 0 Å². The molecule has 1 nitrogen and oxygen atoms in total. The maximum absolute atomic E-state index is 3.53. The zero-order valence-electron chi connectivity index (χ0n) is 5.52. The summed E-state index contributed by atoms with van der Waals surface area (Å²) in [6, 6.07) is 0.520. The summed E-state index contributed by atoms with van der Waals surface area (Å²) in [7, 11) is 0. The first-order valence-corrected chi connectivity index (χ1v) is 2.81. The van der Waals surface area contributed by atoms with Crippen molar-refractivity contribution in [3.05, 3.63) is 24.9 Å². The standard InChI is InChI=1S/C7H13N/c1-4-5-6-8-7(2)3/h4-8H,1H2,2-3H3/b6-5+. The molecule has 0 fully saturated rings. The molecule has 0 saturated heterocycles. The van der Waals surface area contributed by atoms with Crippen LogP contribution in [0.2, 0.25) is 0 Å². The maximum atomic E-state index is 3.53. The summed E-state index contributed by atoms with van der Waals surface area (Å²) in [4.78, 5) is 0. The number of rotatable bonds is 3. The van der Waals surface area contributed by atoms with Gasteiger partial charge >= 0.3 is 0 Å². The Morgan fingerprint density at radius 1 is 1.50 bits per heavy atom. The highest BCUT2D eigenvalue weighted by atomic mass is 14.9. The molecule has 0 saturated carbocycles. The van der Waals surface area contributed by atoms with Crippen LogP contribution in [-0.4, -0.2) is 6.04 Å². The van der Waals surface area contributed by atoms with Crippen LogP contribution in [0.15, 0.2) is 24.9 Å². The number of hydrogen-bond acceptors (Lipinski definition) is 1. The van der Waals surface area contributed by atoms with Gasteiger partial charge in [-0.25, -0.2) is 0 Å². The van der Waals surface area contributed by atoms with Gasteiger partial charge in [-0.2, -0.15) is 0 Å².